The lowest BCUT2D eigenvalue weighted by Crippen LogP contribution is -2.41. The largest absolute Gasteiger partial charge is 0.598 e. The second-order valence-corrected chi connectivity index (χ2v) is 10.7. The Morgan fingerprint density at radius 2 is 2.19 bits per heavy atom. The molecule has 1 aromatic rings. The maximum atomic E-state index is 12.6. The molecule has 0 aliphatic carbocycles. The van der Waals surface area contributed by atoms with E-state index in [0.717, 1.165) is 25.0 Å². The Kier molecular flexibility index (Phi) is 6.58. The van der Waals surface area contributed by atoms with Gasteiger partial charge in [-0.05, 0) is 71.9 Å². The van der Waals surface area contributed by atoms with Gasteiger partial charge in [-0.1, -0.05) is 6.07 Å². The third-order valence-electron chi connectivity index (χ3n) is 4.90. The van der Waals surface area contributed by atoms with Crippen molar-refractivity contribution >= 4 is 17.5 Å². The number of rotatable bonds is 6. The summed E-state index contributed by atoms with van der Waals surface area (Å²) in [6.45, 7) is 10.3. The molecule has 1 saturated heterocycles. The van der Waals surface area contributed by atoms with Crippen LogP contribution < -0.4 is 4.72 Å². The van der Waals surface area contributed by atoms with Gasteiger partial charge in [0.15, 0.2) is 0 Å². The van der Waals surface area contributed by atoms with Crippen LogP contribution in [-0.4, -0.2) is 42.5 Å². The number of likely N-dealkylation sites (tertiary alicyclic amines) is 1. The van der Waals surface area contributed by atoms with E-state index in [1.165, 1.54) is 4.90 Å². The molecule has 1 amide bonds. The van der Waals surface area contributed by atoms with Crippen molar-refractivity contribution in [2.75, 3.05) is 6.54 Å². The molecular weight excluding hydrogens is 350 g/mol. The Bertz CT molecular complexity index is 604. The maximum absolute atomic E-state index is 12.6. The summed E-state index contributed by atoms with van der Waals surface area (Å²) in [5, 5.41) is 9.39. The molecule has 1 aliphatic rings. The lowest BCUT2D eigenvalue weighted by atomic mass is 9.91. The Morgan fingerprint density at radius 1 is 1.50 bits per heavy atom. The van der Waals surface area contributed by atoms with E-state index < -0.39 is 17.5 Å². The van der Waals surface area contributed by atoms with Crippen molar-refractivity contribution < 1.29 is 14.5 Å². The quantitative estimate of drug-likeness (QED) is 0.733. The first-order chi connectivity index (χ1) is 12.0. The third-order valence-corrected chi connectivity index (χ3v) is 6.52. The van der Waals surface area contributed by atoms with E-state index in [-0.39, 0.29) is 16.3 Å². The molecule has 0 radical (unpaired) electrons. The molecule has 0 spiro atoms. The molecule has 2 rings (SSSR count). The van der Waals surface area contributed by atoms with Gasteiger partial charge in [-0.15, -0.1) is 4.72 Å². The minimum absolute atomic E-state index is 0.113. The predicted octanol–water partition coefficient (Wildman–Crippen LogP) is 3.73. The molecule has 3 atom stereocenters. The number of aromatic nitrogens is 1. The summed E-state index contributed by atoms with van der Waals surface area (Å²) in [5.74, 6) is 0.303. The lowest BCUT2D eigenvalue weighted by Gasteiger charge is -2.28. The van der Waals surface area contributed by atoms with E-state index >= 15 is 0 Å². The number of carboxylic acid groups (broad SMARTS) is 1. The highest BCUT2D eigenvalue weighted by Gasteiger charge is 2.41. The zero-order valence-electron chi connectivity index (χ0n) is 16.4. The van der Waals surface area contributed by atoms with Crippen LogP contribution in [0.5, 0.6) is 0 Å². The van der Waals surface area contributed by atoms with Gasteiger partial charge in [-0.25, -0.2) is 4.79 Å². The molecule has 1 fully saturated rings. The molecule has 1 aromatic heterocycles. The van der Waals surface area contributed by atoms with Gasteiger partial charge in [0, 0.05) is 29.6 Å². The van der Waals surface area contributed by atoms with Gasteiger partial charge in [0.2, 0.25) is 0 Å². The average molecular weight is 382 g/mol. The summed E-state index contributed by atoms with van der Waals surface area (Å²) in [7, 11) is 0. The summed E-state index contributed by atoms with van der Waals surface area (Å²) >= 11 is -1.20. The molecule has 2 heterocycles. The molecular formula is C19H31N3O3S. The number of carbonyl (C=O) groups is 1. The number of nitrogens with zero attached hydrogens (tertiary/aromatic N) is 2. The number of hydrogen-bond donors (Lipinski definition) is 2. The van der Waals surface area contributed by atoms with Crippen LogP contribution in [0, 0.1) is 5.92 Å². The van der Waals surface area contributed by atoms with Gasteiger partial charge in [-0.3, -0.25) is 4.98 Å². The first-order valence-corrected chi connectivity index (χ1v) is 10.3. The smallest absolute Gasteiger partial charge is 0.407 e. The van der Waals surface area contributed by atoms with Crippen molar-refractivity contribution in [3.63, 3.8) is 0 Å². The summed E-state index contributed by atoms with van der Waals surface area (Å²) in [4.78, 5) is 17.4. The number of amides is 1. The second kappa shape index (κ2) is 8.15. The molecule has 146 valence electrons. The molecule has 0 saturated carbocycles. The molecule has 7 heteroatoms. The normalized spacial score (nSPS) is 22.2. The fraction of sp³-hybridized carbons (Fsp3) is 0.684. The maximum Gasteiger partial charge on any atom is 0.407 e. The highest BCUT2D eigenvalue weighted by molar-refractivity contribution is 7.90. The van der Waals surface area contributed by atoms with E-state index in [0.29, 0.717) is 12.5 Å². The van der Waals surface area contributed by atoms with E-state index in [9.17, 15) is 14.5 Å². The number of hydrogen-bond acceptors (Lipinski definition) is 4. The fourth-order valence-electron chi connectivity index (χ4n) is 3.47. The van der Waals surface area contributed by atoms with Crippen LogP contribution in [0.4, 0.5) is 4.79 Å². The summed E-state index contributed by atoms with van der Waals surface area (Å²) in [5.41, 5.74) is 0.538. The van der Waals surface area contributed by atoms with Crippen molar-refractivity contribution in [2.24, 2.45) is 5.92 Å². The van der Waals surface area contributed by atoms with Crippen LogP contribution in [0.1, 0.15) is 65.6 Å². The second-order valence-electron chi connectivity index (χ2n) is 8.66. The first kappa shape index (κ1) is 21.0. The molecule has 1 aliphatic heterocycles. The molecule has 0 aromatic carbocycles. The minimum atomic E-state index is -1.20. The number of nitrogens with one attached hydrogen (secondary N) is 1. The molecule has 0 bridgehead atoms. The van der Waals surface area contributed by atoms with Crippen LogP contribution in [0.2, 0.25) is 0 Å². The van der Waals surface area contributed by atoms with E-state index in [4.69, 9.17) is 0 Å². The van der Waals surface area contributed by atoms with Gasteiger partial charge in [0.05, 0.1) is 11.7 Å². The van der Waals surface area contributed by atoms with E-state index in [2.05, 4.69) is 9.71 Å². The summed E-state index contributed by atoms with van der Waals surface area (Å²) in [6, 6.07) is 5.63. The Labute approximate surface area is 159 Å². The summed E-state index contributed by atoms with van der Waals surface area (Å²) in [6.07, 6.45) is 3.37. The highest BCUT2D eigenvalue weighted by atomic mass is 32.2. The van der Waals surface area contributed by atoms with E-state index in [1.807, 2.05) is 52.8 Å². The minimum Gasteiger partial charge on any atom is -0.598 e. The Hall–Kier alpha value is -1.31. The molecule has 2 N–H and O–H groups in total. The van der Waals surface area contributed by atoms with E-state index in [1.54, 1.807) is 6.20 Å². The SMILES string of the molecule is CC1(C)C[C@H](CCC(N[S@@+]([O-])C(C)(C)C)c2ccccn2)CN1C(=O)O. The summed E-state index contributed by atoms with van der Waals surface area (Å²) < 4.78 is 15.4. The van der Waals surface area contributed by atoms with Crippen LogP contribution in [0.25, 0.3) is 0 Å². The molecule has 1 unspecified atom stereocenters. The zero-order valence-corrected chi connectivity index (χ0v) is 17.2. The number of pyridine rings is 1. The lowest BCUT2D eigenvalue weighted by molar-refractivity contribution is 0.117. The van der Waals surface area contributed by atoms with Crippen molar-refractivity contribution in [3.05, 3.63) is 30.1 Å². The van der Waals surface area contributed by atoms with Gasteiger partial charge in [0.1, 0.15) is 4.75 Å². The van der Waals surface area contributed by atoms with Gasteiger partial charge >= 0.3 is 6.09 Å². The van der Waals surface area contributed by atoms with Crippen molar-refractivity contribution in [1.82, 2.24) is 14.6 Å². The van der Waals surface area contributed by atoms with Crippen molar-refractivity contribution in [3.8, 4) is 0 Å². The predicted molar refractivity (Wildman–Crippen MR) is 104 cm³/mol. The first-order valence-electron chi connectivity index (χ1n) is 9.10. The fourth-order valence-corrected chi connectivity index (χ4v) is 4.33. The average Bonchev–Trinajstić information content (AvgIpc) is 2.86. The third kappa shape index (κ3) is 5.34. The van der Waals surface area contributed by atoms with Crippen LogP contribution in [0.3, 0.4) is 0 Å². The molecule has 6 nitrogen and oxygen atoms in total. The highest BCUT2D eigenvalue weighted by Crippen LogP contribution is 2.36. The van der Waals surface area contributed by atoms with Crippen LogP contribution in [-0.2, 0) is 11.4 Å². The standard InChI is InChI=1S/C19H31N3O3S/c1-18(2,3)26(25)21-16(15-8-6-7-11-20-15)10-9-14-12-19(4,5)22(13-14)17(23)24/h6-8,11,14,16,21H,9-10,12-13H2,1-5H3,(H,23,24)/t14-,16?,26-/m0/s1. The van der Waals surface area contributed by atoms with Gasteiger partial charge in [-0.2, -0.15) is 0 Å². The zero-order chi connectivity index (χ0) is 19.5. The van der Waals surface area contributed by atoms with Gasteiger partial charge in [0.25, 0.3) is 0 Å². The van der Waals surface area contributed by atoms with Crippen molar-refractivity contribution in [2.45, 2.75) is 70.2 Å². The monoisotopic (exact) mass is 381 g/mol. The van der Waals surface area contributed by atoms with Crippen molar-refractivity contribution in [1.29, 1.82) is 0 Å². The molecule has 26 heavy (non-hydrogen) atoms. The topological polar surface area (TPSA) is 88.5 Å². The van der Waals surface area contributed by atoms with Gasteiger partial charge < -0.3 is 14.6 Å². The van der Waals surface area contributed by atoms with Crippen LogP contribution in [0.15, 0.2) is 24.4 Å². The Morgan fingerprint density at radius 3 is 2.69 bits per heavy atom. The Balaban J connectivity index is 2.05. The van der Waals surface area contributed by atoms with Crippen LogP contribution >= 0.6 is 0 Å².